The lowest BCUT2D eigenvalue weighted by molar-refractivity contribution is -0.115. The molecule has 0 atom stereocenters. The Labute approximate surface area is 190 Å². The molecule has 0 saturated carbocycles. The Morgan fingerprint density at radius 3 is 2.15 bits per heavy atom. The van der Waals surface area contributed by atoms with Crippen molar-refractivity contribution in [2.24, 2.45) is 0 Å². The van der Waals surface area contributed by atoms with E-state index in [9.17, 15) is 14.0 Å². The molecule has 0 bridgehead atoms. The van der Waals surface area contributed by atoms with Gasteiger partial charge < -0.3 is 14.8 Å². The molecule has 3 aromatic carbocycles. The van der Waals surface area contributed by atoms with Crippen LogP contribution in [0.15, 0.2) is 66.7 Å². The number of hydrogen-bond acceptors (Lipinski definition) is 5. The average Bonchev–Trinajstić information content (AvgIpc) is 2.86. The normalized spacial score (nSPS) is 11.0. The van der Waals surface area contributed by atoms with E-state index in [1.54, 1.807) is 41.9 Å². The Morgan fingerprint density at radius 1 is 0.909 bits per heavy atom. The maximum Gasteiger partial charge on any atom is 0.274 e. The predicted molar refractivity (Wildman–Crippen MR) is 121 cm³/mol. The number of benzene rings is 3. The number of nitrogens with one attached hydrogen (secondary N) is 2. The van der Waals surface area contributed by atoms with Crippen LogP contribution in [0.25, 0.3) is 11.6 Å². The summed E-state index contributed by atoms with van der Waals surface area (Å²) < 4.78 is 24.0. The molecule has 3 aromatic rings. The Hall–Kier alpha value is -4.17. The van der Waals surface area contributed by atoms with Crippen molar-refractivity contribution >= 4 is 23.5 Å². The number of amides is 2. The maximum atomic E-state index is 13.5. The van der Waals surface area contributed by atoms with E-state index in [4.69, 9.17) is 14.7 Å². The van der Waals surface area contributed by atoms with Crippen LogP contribution >= 0.6 is 0 Å². The second-order valence-electron chi connectivity index (χ2n) is 7.00. The van der Waals surface area contributed by atoms with E-state index in [1.807, 2.05) is 0 Å². The molecular formula is C25H23FN2O5. The molecule has 0 saturated heterocycles. The molecule has 0 heterocycles. The largest absolute Gasteiger partial charge is 0.493 e. The molecule has 3 rings (SSSR count). The fourth-order valence-corrected chi connectivity index (χ4v) is 3.13. The van der Waals surface area contributed by atoms with E-state index in [0.29, 0.717) is 28.2 Å². The molecule has 7 nitrogen and oxygen atoms in total. The molecule has 0 aliphatic carbocycles. The van der Waals surface area contributed by atoms with E-state index in [2.05, 4.69) is 5.32 Å². The molecule has 2 amide bonds. The van der Waals surface area contributed by atoms with Crippen LogP contribution in [0.5, 0.6) is 11.5 Å². The third kappa shape index (κ3) is 5.96. The van der Waals surface area contributed by atoms with Crippen molar-refractivity contribution in [1.82, 2.24) is 10.8 Å². The first-order valence-corrected chi connectivity index (χ1v) is 9.96. The third-order valence-corrected chi connectivity index (χ3v) is 4.89. The minimum atomic E-state index is -0.623. The third-order valence-electron chi connectivity index (χ3n) is 4.89. The van der Waals surface area contributed by atoms with Gasteiger partial charge in [-0.3, -0.25) is 14.8 Å². The van der Waals surface area contributed by atoms with Gasteiger partial charge >= 0.3 is 0 Å². The molecule has 170 valence electrons. The van der Waals surface area contributed by atoms with Crippen LogP contribution in [0.2, 0.25) is 0 Å². The minimum absolute atomic E-state index is 0.199. The summed E-state index contributed by atoms with van der Waals surface area (Å²) in [7, 11) is 3.06. The van der Waals surface area contributed by atoms with Gasteiger partial charge in [-0.1, -0.05) is 30.3 Å². The van der Waals surface area contributed by atoms with Gasteiger partial charge in [0.1, 0.15) is 5.82 Å². The highest BCUT2D eigenvalue weighted by Crippen LogP contribution is 2.29. The molecule has 0 aromatic heterocycles. The zero-order valence-corrected chi connectivity index (χ0v) is 18.1. The molecule has 0 spiro atoms. The lowest BCUT2D eigenvalue weighted by Crippen LogP contribution is -2.24. The molecule has 0 radical (unpaired) electrons. The number of ether oxygens (including phenoxy) is 2. The van der Waals surface area contributed by atoms with Gasteiger partial charge in [-0.05, 0) is 59.2 Å². The fraction of sp³-hybridized carbons (Fsp3) is 0.120. The topological polar surface area (TPSA) is 96.9 Å². The first kappa shape index (κ1) is 23.5. The van der Waals surface area contributed by atoms with Crippen LogP contribution in [0.4, 0.5) is 4.39 Å². The lowest BCUT2D eigenvalue weighted by Gasteiger charge is -2.12. The average molecular weight is 450 g/mol. The van der Waals surface area contributed by atoms with E-state index in [0.717, 1.165) is 5.56 Å². The van der Waals surface area contributed by atoms with E-state index in [1.165, 1.54) is 50.6 Å². The summed E-state index contributed by atoms with van der Waals surface area (Å²) in [6.07, 6.45) is 1.68. The Bertz CT molecular complexity index is 1160. The van der Waals surface area contributed by atoms with Gasteiger partial charge in [0.05, 0.1) is 14.2 Å². The standard InChI is InChI=1S/C25H23FN2O5/c1-32-22-12-5-17(14-23(22)33-2)13-21(18-8-10-20(26)11-9-18)25(30)27-15-16-3-6-19(7-4-16)24(29)28-31/h3-14,31H,15H2,1-2H3,(H,27,30)(H,28,29)/b21-13+. The van der Waals surface area contributed by atoms with Gasteiger partial charge in [-0.2, -0.15) is 0 Å². The van der Waals surface area contributed by atoms with E-state index < -0.39 is 11.7 Å². The van der Waals surface area contributed by atoms with E-state index in [-0.39, 0.29) is 18.0 Å². The molecular weight excluding hydrogens is 427 g/mol. The smallest absolute Gasteiger partial charge is 0.274 e. The molecule has 0 aliphatic heterocycles. The first-order valence-electron chi connectivity index (χ1n) is 9.96. The van der Waals surface area contributed by atoms with Crippen molar-refractivity contribution in [3.63, 3.8) is 0 Å². The molecule has 3 N–H and O–H groups in total. The minimum Gasteiger partial charge on any atom is -0.493 e. The highest BCUT2D eigenvalue weighted by Gasteiger charge is 2.14. The fourth-order valence-electron chi connectivity index (χ4n) is 3.13. The van der Waals surface area contributed by atoms with Crippen LogP contribution in [-0.2, 0) is 11.3 Å². The molecule has 0 aliphatic rings. The molecule has 0 fully saturated rings. The van der Waals surface area contributed by atoms with Gasteiger partial charge in [0.2, 0.25) is 0 Å². The van der Waals surface area contributed by atoms with Gasteiger partial charge in [-0.25, -0.2) is 9.87 Å². The second-order valence-corrected chi connectivity index (χ2v) is 7.00. The number of halogens is 1. The number of methoxy groups -OCH3 is 2. The van der Waals surface area contributed by atoms with Gasteiger partial charge in [0, 0.05) is 17.7 Å². The Kier molecular flexibility index (Phi) is 7.77. The zero-order valence-electron chi connectivity index (χ0n) is 18.1. The van der Waals surface area contributed by atoms with Crippen LogP contribution in [0.1, 0.15) is 27.0 Å². The van der Waals surface area contributed by atoms with Crippen LogP contribution in [-0.4, -0.2) is 31.2 Å². The first-order chi connectivity index (χ1) is 15.9. The Morgan fingerprint density at radius 2 is 1.55 bits per heavy atom. The predicted octanol–water partition coefficient (Wildman–Crippen LogP) is 3.82. The molecule has 8 heteroatoms. The summed E-state index contributed by atoms with van der Waals surface area (Å²) in [4.78, 5) is 24.5. The Balaban J connectivity index is 1.86. The summed E-state index contributed by atoms with van der Waals surface area (Å²) in [5.41, 5.74) is 4.17. The maximum absolute atomic E-state index is 13.5. The highest BCUT2D eigenvalue weighted by molar-refractivity contribution is 6.24. The summed E-state index contributed by atoms with van der Waals surface area (Å²) in [6.45, 7) is 0.199. The SMILES string of the molecule is COc1ccc(/C=C(/C(=O)NCc2ccc(C(=O)NO)cc2)c2ccc(F)cc2)cc1OC. The number of carbonyl (C=O) groups is 2. The zero-order chi connectivity index (χ0) is 23.8. The van der Waals surface area contributed by atoms with Crippen molar-refractivity contribution in [3.05, 3.63) is 94.8 Å². The van der Waals surface area contributed by atoms with Crippen molar-refractivity contribution in [2.75, 3.05) is 14.2 Å². The highest BCUT2D eigenvalue weighted by atomic mass is 19.1. The van der Waals surface area contributed by atoms with Crippen molar-refractivity contribution in [1.29, 1.82) is 0 Å². The lowest BCUT2D eigenvalue weighted by atomic mass is 10.0. The molecule has 33 heavy (non-hydrogen) atoms. The van der Waals surface area contributed by atoms with Crippen molar-refractivity contribution in [2.45, 2.75) is 6.54 Å². The van der Waals surface area contributed by atoms with Gasteiger partial charge in [-0.15, -0.1) is 0 Å². The number of carbonyl (C=O) groups excluding carboxylic acids is 2. The molecule has 0 unspecified atom stereocenters. The monoisotopic (exact) mass is 450 g/mol. The van der Waals surface area contributed by atoms with Crippen molar-refractivity contribution < 1.29 is 28.7 Å². The van der Waals surface area contributed by atoms with Gasteiger partial charge in [0.15, 0.2) is 11.5 Å². The summed E-state index contributed by atoms with van der Waals surface area (Å²) in [5, 5.41) is 11.5. The number of hydrogen-bond donors (Lipinski definition) is 3. The van der Waals surface area contributed by atoms with Crippen molar-refractivity contribution in [3.8, 4) is 11.5 Å². The number of rotatable bonds is 8. The van der Waals surface area contributed by atoms with Crippen LogP contribution in [0, 0.1) is 5.82 Å². The second kappa shape index (κ2) is 10.9. The van der Waals surface area contributed by atoms with E-state index >= 15 is 0 Å². The van der Waals surface area contributed by atoms with Crippen LogP contribution in [0.3, 0.4) is 0 Å². The summed E-state index contributed by atoms with van der Waals surface area (Å²) in [5.74, 6) is -0.329. The van der Waals surface area contributed by atoms with Crippen LogP contribution < -0.4 is 20.3 Å². The van der Waals surface area contributed by atoms with Gasteiger partial charge in [0.25, 0.3) is 11.8 Å². The summed E-state index contributed by atoms with van der Waals surface area (Å²) >= 11 is 0. The quantitative estimate of drug-likeness (QED) is 0.210. The number of hydroxylamine groups is 1. The summed E-state index contributed by atoms with van der Waals surface area (Å²) in [6, 6.07) is 17.3.